The van der Waals surface area contributed by atoms with Gasteiger partial charge in [0.05, 0.1) is 22.1 Å². The van der Waals surface area contributed by atoms with Gasteiger partial charge in [-0.25, -0.2) is 4.39 Å². The van der Waals surface area contributed by atoms with Crippen molar-refractivity contribution in [3.63, 3.8) is 0 Å². The van der Waals surface area contributed by atoms with Crippen LogP contribution in [0.4, 0.5) is 21.5 Å². The first-order valence-corrected chi connectivity index (χ1v) is 7.32. The molecule has 0 aromatic heterocycles. The highest BCUT2D eigenvalue weighted by molar-refractivity contribution is 6.33. The molecular weight excluding hydrogens is 289 g/mol. The van der Waals surface area contributed by atoms with E-state index in [1.807, 2.05) is 24.3 Å². The second-order valence-corrected chi connectivity index (χ2v) is 5.54. The van der Waals surface area contributed by atoms with Crippen molar-refractivity contribution in [1.82, 2.24) is 0 Å². The van der Waals surface area contributed by atoms with E-state index in [0.29, 0.717) is 5.69 Å². The van der Waals surface area contributed by atoms with E-state index in [2.05, 4.69) is 9.80 Å². The van der Waals surface area contributed by atoms with E-state index in [-0.39, 0.29) is 5.82 Å². The van der Waals surface area contributed by atoms with E-state index in [9.17, 15) is 4.39 Å². The van der Waals surface area contributed by atoms with Crippen molar-refractivity contribution in [2.75, 3.05) is 41.7 Å². The average molecular weight is 306 g/mol. The number of nitrogen functional groups attached to an aromatic ring is 1. The van der Waals surface area contributed by atoms with Crippen LogP contribution in [0.25, 0.3) is 0 Å². The number of benzene rings is 2. The standard InChI is InChI=1S/C16H17ClFN3/c17-13-3-1-2-4-15(13)20-7-9-21(10-8-20)16-11-12(18)5-6-14(16)19/h1-6,11H,7-10,19H2. The van der Waals surface area contributed by atoms with Gasteiger partial charge < -0.3 is 15.5 Å². The summed E-state index contributed by atoms with van der Waals surface area (Å²) in [5, 5.41) is 0.760. The zero-order valence-electron chi connectivity index (χ0n) is 11.6. The number of nitrogens with zero attached hydrogens (tertiary/aromatic N) is 2. The number of halogens is 2. The first-order valence-electron chi connectivity index (χ1n) is 6.94. The summed E-state index contributed by atoms with van der Waals surface area (Å²) in [6.45, 7) is 3.25. The van der Waals surface area contributed by atoms with Gasteiger partial charge in [0.25, 0.3) is 0 Å². The fourth-order valence-electron chi connectivity index (χ4n) is 2.69. The van der Waals surface area contributed by atoms with Gasteiger partial charge in [-0.3, -0.25) is 0 Å². The molecule has 1 aliphatic heterocycles. The molecule has 3 rings (SSSR count). The molecule has 1 heterocycles. The van der Waals surface area contributed by atoms with Gasteiger partial charge >= 0.3 is 0 Å². The second kappa shape index (κ2) is 5.82. The third-order valence-electron chi connectivity index (χ3n) is 3.81. The van der Waals surface area contributed by atoms with Crippen LogP contribution in [0.2, 0.25) is 5.02 Å². The Bertz CT molecular complexity index is 639. The first kappa shape index (κ1) is 14.0. The lowest BCUT2D eigenvalue weighted by molar-refractivity contribution is 0.621. The van der Waals surface area contributed by atoms with Crippen LogP contribution in [-0.4, -0.2) is 26.2 Å². The average Bonchev–Trinajstić information content (AvgIpc) is 2.50. The lowest BCUT2D eigenvalue weighted by Gasteiger charge is -2.38. The number of piperazine rings is 1. The van der Waals surface area contributed by atoms with Crippen LogP contribution in [0.15, 0.2) is 42.5 Å². The largest absolute Gasteiger partial charge is 0.397 e. The summed E-state index contributed by atoms with van der Waals surface area (Å²) in [5.41, 5.74) is 8.38. The molecule has 0 bridgehead atoms. The minimum atomic E-state index is -0.257. The molecule has 21 heavy (non-hydrogen) atoms. The minimum Gasteiger partial charge on any atom is -0.397 e. The van der Waals surface area contributed by atoms with Gasteiger partial charge in [-0.05, 0) is 30.3 Å². The summed E-state index contributed by atoms with van der Waals surface area (Å²) in [6, 6.07) is 12.3. The Balaban J connectivity index is 1.73. The molecule has 2 N–H and O–H groups in total. The lowest BCUT2D eigenvalue weighted by Crippen LogP contribution is -2.46. The van der Waals surface area contributed by atoms with Crippen molar-refractivity contribution in [3.8, 4) is 0 Å². The second-order valence-electron chi connectivity index (χ2n) is 5.13. The Morgan fingerprint density at radius 2 is 1.52 bits per heavy atom. The fourth-order valence-corrected chi connectivity index (χ4v) is 2.94. The third kappa shape index (κ3) is 2.90. The predicted molar refractivity (Wildman–Crippen MR) is 86.7 cm³/mol. The molecule has 0 amide bonds. The number of para-hydroxylation sites is 1. The summed E-state index contributed by atoms with van der Waals surface area (Å²) >= 11 is 6.23. The summed E-state index contributed by atoms with van der Waals surface area (Å²) in [6.07, 6.45) is 0. The lowest BCUT2D eigenvalue weighted by atomic mass is 10.2. The molecular formula is C16H17ClFN3. The van der Waals surface area contributed by atoms with Crippen molar-refractivity contribution in [1.29, 1.82) is 0 Å². The van der Waals surface area contributed by atoms with E-state index in [1.54, 1.807) is 6.07 Å². The maximum atomic E-state index is 13.4. The molecule has 0 unspecified atom stereocenters. The van der Waals surface area contributed by atoms with E-state index in [0.717, 1.165) is 42.6 Å². The van der Waals surface area contributed by atoms with E-state index < -0.39 is 0 Å². The van der Waals surface area contributed by atoms with Gasteiger partial charge in [0.15, 0.2) is 0 Å². The molecule has 0 saturated carbocycles. The van der Waals surface area contributed by atoms with Crippen molar-refractivity contribution in [3.05, 3.63) is 53.3 Å². The van der Waals surface area contributed by atoms with Crippen molar-refractivity contribution < 1.29 is 4.39 Å². The molecule has 1 aliphatic rings. The van der Waals surface area contributed by atoms with Crippen molar-refractivity contribution in [2.24, 2.45) is 0 Å². The smallest absolute Gasteiger partial charge is 0.125 e. The van der Waals surface area contributed by atoms with Crippen LogP contribution in [0, 0.1) is 5.82 Å². The van der Waals surface area contributed by atoms with Crippen molar-refractivity contribution in [2.45, 2.75) is 0 Å². The monoisotopic (exact) mass is 305 g/mol. The highest BCUT2D eigenvalue weighted by atomic mass is 35.5. The molecule has 0 atom stereocenters. The Morgan fingerprint density at radius 3 is 2.19 bits per heavy atom. The van der Waals surface area contributed by atoms with Crippen LogP contribution in [0.1, 0.15) is 0 Å². The molecule has 2 aromatic carbocycles. The maximum absolute atomic E-state index is 13.4. The zero-order chi connectivity index (χ0) is 14.8. The molecule has 1 fully saturated rings. The molecule has 0 aliphatic carbocycles. The van der Waals surface area contributed by atoms with Gasteiger partial charge in [-0.1, -0.05) is 23.7 Å². The number of nitrogens with two attached hydrogens (primary N) is 1. The maximum Gasteiger partial charge on any atom is 0.125 e. The topological polar surface area (TPSA) is 32.5 Å². The Kier molecular flexibility index (Phi) is 3.88. The van der Waals surface area contributed by atoms with Crippen molar-refractivity contribution >= 4 is 28.7 Å². The fraction of sp³-hybridized carbons (Fsp3) is 0.250. The Hall–Kier alpha value is -1.94. The molecule has 0 radical (unpaired) electrons. The number of rotatable bonds is 2. The summed E-state index contributed by atoms with van der Waals surface area (Å²) in [7, 11) is 0. The van der Waals surface area contributed by atoms with E-state index in [1.165, 1.54) is 12.1 Å². The van der Waals surface area contributed by atoms with E-state index >= 15 is 0 Å². The third-order valence-corrected chi connectivity index (χ3v) is 4.13. The van der Waals surface area contributed by atoms with Gasteiger partial charge in [-0.2, -0.15) is 0 Å². The SMILES string of the molecule is Nc1ccc(F)cc1N1CCN(c2ccccc2Cl)CC1. The Labute approximate surface area is 128 Å². The highest BCUT2D eigenvalue weighted by Crippen LogP contribution is 2.29. The predicted octanol–water partition coefficient (Wildman–Crippen LogP) is 3.39. The minimum absolute atomic E-state index is 0.257. The van der Waals surface area contributed by atoms with Crippen LogP contribution < -0.4 is 15.5 Å². The summed E-state index contributed by atoms with van der Waals surface area (Å²) in [5.74, 6) is -0.257. The van der Waals surface area contributed by atoms with Gasteiger partial charge in [-0.15, -0.1) is 0 Å². The van der Waals surface area contributed by atoms with Gasteiger partial charge in [0.1, 0.15) is 5.82 Å². The van der Waals surface area contributed by atoms with Crippen LogP contribution in [-0.2, 0) is 0 Å². The molecule has 2 aromatic rings. The number of hydrogen-bond donors (Lipinski definition) is 1. The number of anilines is 3. The van der Waals surface area contributed by atoms with Crippen LogP contribution in [0.5, 0.6) is 0 Å². The van der Waals surface area contributed by atoms with E-state index in [4.69, 9.17) is 17.3 Å². The number of hydrogen-bond acceptors (Lipinski definition) is 3. The zero-order valence-corrected chi connectivity index (χ0v) is 12.4. The normalized spacial score (nSPS) is 15.3. The summed E-state index contributed by atoms with van der Waals surface area (Å²) < 4.78 is 13.4. The molecule has 1 saturated heterocycles. The molecule has 3 nitrogen and oxygen atoms in total. The van der Waals surface area contributed by atoms with Crippen LogP contribution >= 0.6 is 11.6 Å². The molecule has 5 heteroatoms. The first-order chi connectivity index (χ1) is 10.1. The molecule has 0 spiro atoms. The van der Waals surface area contributed by atoms with Crippen LogP contribution in [0.3, 0.4) is 0 Å². The molecule has 110 valence electrons. The Morgan fingerprint density at radius 1 is 0.905 bits per heavy atom. The van der Waals surface area contributed by atoms with Gasteiger partial charge in [0.2, 0.25) is 0 Å². The van der Waals surface area contributed by atoms with Gasteiger partial charge in [0, 0.05) is 26.2 Å². The summed E-state index contributed by atoms with van der Waals surface area (Å²) in [4.78, 5) is 4.36. The quantitative estimate of drug-likeness (QED) is 0.863. The highest BCUT2D eigenvalue weighted by Gasteiger charge is 2.20.